The lowest BCUT2D eigenvalue weighted by molar-refractivity contribution is 0.0793. The van der Waals surface area contributed by atoms with Crippen molar-refractivity contribution in [1.82, 2.24) is 19.1 Å². The number of piperazine rings is 1. The van der Waals surface area contributed by atoms with Crippen molar-refractivity contribution < 1.29 is 18.0 Å². The van der Waals surface area contributed by atoms with Crippen LogP contribution in [0.1, 0.15) is 23.2 Å². The maximum atomic E-state index is 12.7. The summed E-state index contributed by atoms with van der Waals surface area (Å²) in [5.74, 6) is 0.0151. The van der Waals surface area contributed by atoms with Crippen molar-refractivity contribution in [2.45, 2.75) is 17.7 Å². The molecule has 0 unspecified atom stereocenters. The molecule has 2 aliphatic heterocycles. The van der Waals surface area contributed by atoms with E-state index in [0.29, 0.717) is 11.3 Å². The Balaban J connectivity index is 1.31. The van der Waals surface area contributed by atoms with Crippen molar-refractivity contribution >= 4 is 27.6 Å². The van der Waals surface area contributed by atoms with Gasteiger partial charge in [-0.25, -0.2) is 13.2 Å². The van der Waals surface area contributed by atoms with Gasteiger partial charge in [-0.1, -0.05) is 0 Å². The normalized spacial score (nSPS) is 17.5. The van der Waals surface area contributed by atoms with E-state index in [4.69, 9.17) is 0 Å². The topological polar surface area (TPSA) is 103 Å². The summed E-state index contributed by atoms with van der Waals surface area (Å²) in [7, 11) is -3.61. The highest BCUT2D eigenvalue weighted by Gasteiger charge is 2.30. The number of aromatic nitrogens is 1. The van der Waals surface area contributed by atoms with Crippen LogP contribution in [-0.2, 0) is 10.0 Å². The van der Waals surface area contributed by atoms with Crippen molar-refractivity contribution in [3.05, 3.63) is 54.4 Å². The van der Waals surface area contributed by atoms with E-state index in [1.165, 1.54) is 22.8 Å². The van der Waals surface area contributed by atoms with E-state index in [2.05, 4.69) is 10.3 Å². The highest BCUT2D eigenvalue weighted by atomic mass is 32.2. The summed E-state index contributed by atoms with van der Waals surface area (Å²) >= 11 is 0. The Bertz CT molecular complexity index is 1030. The number of urea groups is 1. The summed E-state index contributed by atoms with van der Waals surface area (Å²) in [4.78, 5) is 32.4. The van der Waals surface area contributed by atoms with Crippen molar-refractivity contribution in [1.29, 1.82) is 0 Å². The molecule has 0 aliphatic carbocycles. The number of carbonyl (C=O) groups is 2. The van der Waals surface area contributed by atoms with E-state index in [9.17, 15) is 18.0 Å². The van der Waals surface area contributed by atoms with Crippen molar-refractivity contribution in [3.8, 4) is 0 Å². The number of hydrogen-bond donors (Lipinski definition) is 1. The predicted molar refractivity (Wildman–Crippen MR) is 115 cm³/mol. The molecule has 1 N–H and O–H groups in total. The Morgan fingerprint density at radius 2 is 1.55 bits per heavy atom. The van der Waals surface area contributed by atoms with Crippen LogP contribution in [0.4, 0.5) is 10.5 Å². The number of rotatable bonds is 4. The molecule has 0 bridgehead atoms. The van der Waals surface area contributed by atoms with Crippen LogP contribution < -0.4 is 5.32 Å². The number of likely N-dealkylation sites (tertiary alicyclic amines) is 1. The molecule has 1 aromatic heterocycles. The Labute approximate surface area is 181 Å². The van der Waals surface area contributed by atoms with Crippen LogP contribution in [0, 0.1) is 0 Å². The monoisotopic (exact) mass is 443 g/mol. The fraction of sp³-hybridized carbons (Fsp3) is 0.381. The van der Waals surface area contributed by atoms with Gasteiger partial charge in [0.2, 0.25) is 10.0 Å². The van der Waals surface area contributed by atoms with Gasteiger partial charge in [-0.2, -0.15) is 4.31 Å². The number of anilines is 1. The Kier molecular flexibility index (Phi) is 6.19. The molecule has 31 heavy (non-hydrogen) atoms. The molecule has 2 saturated heterocycles. The smallest absolute Gasteiger partial charge is 0.321 e. The first-order valence-electron chi connectivity index (χ1n) is 10.3. The van der Waals surface area contributed by atoms with Crippen molar-refractivity contribution in [3.63, 3.8) is 0 Å². The SMILES string of the molecule is O=C(Nc1ccc(C(=O)N2CCCC2)cc1)N1CCN(S(=O)(=O)c2cccnc2)CC1. The largest absolute Gasteiger partial charge is 0.339 e. The predicted octanol–water partition coefficient (Wildman–Crippen LogP) is 1.86. The van der Waals surface area contributed by atoms with E-state index in [0.717, 1.165) is 25.9 Å². The van der Waals surface area contributed by atoms with E-state index < -0.39 is 10.0 Å². The summed E-state index contributed by atoms with van der Waals surface area (Å²) < 4.78 is 26.7. The molecule has 10 heteroatoms. The van der Waals surface area contributed by atoms with E-state index in [-0.39, 0.29) is 43.0 Å². The number of benzene rings is 1. The number of amides is 3. The van der Waals surface area contributed by atoms with E-state index >= 15 is 0 Å². The molecule has 4 rings (SSSR count). The van der Waals surface area contributed by atoms with Gasteiger partial charge in [0, 0.05) is 62.9 Å². The van der Waals surface area contributed by atoms with Gasteiger partial charge in [0.05, 0.1) is 0 Å². The molecule has 2 fully saturated rings. The van der Waals surface area contributed by atoms with Crippen LogP contribution in [0.2, 0.25) is 0 Å². The number of hydrogen-bond acceptors (Lipinski definition) is 5. The minimum absolute atomic E-state index is 0.0151. The van der Waals surface area contributed by atoms with Gasteiger partial charge in [0.1, 0.15) is 4.90 Å². The third-order valence-electron chi connectivity index (χ3n) is 5.57. The van der Waals surface area contributed by atoms with Gasteiger partial charge in [-0.15, -0.1) is 0 Å². The molecular formula is C21H25N5O4S. The van der Waals surface area contributed by atoms with Gasteiger partial charge >= 0.3 is 6.03 Å². The summed E-state index contributed by atoms with van der Waals surface area (Å²) in [5, 5.41) is 2.82. The first kappa shape index (κ1) is 21.3. The van der Waals surface area contributed by atoms with Gasteiger partial charge in [-0.3, -0.25) is 9.78 Å². The second-order valence-electron chi connectivity index (χ2n) is 7.59. The fourth-order valence-corrected chi connectivity index (χ4v) is 5.17. The zero-order valence-corrected chi connectivity index (χ0v) is 17.9. The molecule has 0 atom stereocenters. The third kappa shape index (κ3) is 4.70. The lowest BCUT2D eigenvalue weighted by Crippen LogP contribution is -2.51. The molecule has 0 spiro atoms. The first-order chi connectivity index (χ1) is 14.9. The molecule has 3 amide bonds. The molecule has 2 aliphatic rings. The number of carbonyl (C=O) groups excluding carboxylic acids is 2. The Morgan fingerprint density at radius 1 is 0.871 bits per heavy atom. The summed E-state index contributed by atoms with van der Waals surface area (Å²) in [6.45, 7) is 2.59. The molecule has 9 nitrogen and oxygen atoms in total. The molecule has 164 valence electrons. The highest BCUT2D eigenvalue weighted by Crippen LogP contribution is 2.18. The quantitative estimate of drug-likeness (QED) is 0.777. The molecule has 0 saturated carbocycles. The second kappa shape index (κ2) is 9.03. The molecule has 1 aromatic carbocycles. The molecule has 0 radical (unpaired) electrons. The number of sulfonamides is 1. The van der Waals surface area contributed by atoms with Gasteiger partial charge < -0.3 is 15.1 Å². The zero-order valence-electron chi connectivity index (χ0n) is 17.1. The number of pyridine rings is 1. The zero-order chi connectivity index (χ0) is 21.8. The summed E-state index contributed by atoms with van der Waals surface area (Å²) in [6, 6.07) is 9.66. The van der Waals surface area contributed by atoms with Crippen LogP contribution in [-0.4, -0.2) is 78.7 Å². The first-order valence-corrected chi connectivity index (χ1v) is 11.7. The minimum Gasteiger partial charge on any atom is -0.339 e. The van der Waals surface area contributed by atoms with Gasteiger partial charge in [0.15, 0.2) is 0 Å². The summed E-state index contributed by atoms with van der Waals surface area (Å²) in [5.41, 5.74) is 1.20. The van der Waals surface area contributed by atoms with Crippen LogP contribution in [0.3, 0.4) is 0 Å². The third-order valence-corrected chi connectivity index (χ3v) is 7.46. The Morgan fingerprint density at radius 3 is 2.16 bits per heavy atom. The molecular weight excluding hydrogens is 418 g/mol. The Hall–Kier alpha value is -2.98. The average Bonchev–Trinajstić information content (AvgIpc) is 3.35. The second-order valence-corrected chi connectivity index (χ2v) is 9.52. The average molecular weight is 444 g/mol. The summed E-state index contributed by atoms with van der Waals surface area (Å²) in [6.07, 6.45) is 4.93. The van der Waals surface area contributed by atoms with Crippen LogP contribution in [0.25, 0.3) is 0 Å². The number of nitrogens with zero attached hydrogens (tertiary/aromatic N) is 4. The van der Waals surface area contributed by atoms with Crippen LogP contribution >= 0.6 is 0 Å². The molecule has 2 aromatic rings. The van der Waals surface area contributed by atoms with Crippen molar-refractivity contribution in [2.75, 3.05) is 44.6 Å². The van der Waals surface area contributed by atoms with Gasteiger partial charge in [-0.05, 0) is 49.2 Å². The van der Waals surface area contributed by atoms with E-state index in [1.54, 1.807) is 35.2 Å². The fourth-order valence-electron chi connectivity index (χ4n) is 3.78. The maximum absolute atomic E-state index is 12.7. The minimum atomic E-state index is -3.61. The standard InChI is InChI=1S/C21H25N5O4S/c27-20(24-10-1-2-11-24)17-5-7-18(8-6-17)23-21(28)25-12-14-26(15-13-25)31(29,30)19-4-3-9-22-16-19/h3-9,16H,1-2,10-15H2,(H,23,28). The van der Waals surface area contributed by atoms with Gasteiger partial charge in [0.25, 0.3) is 5.91 Å². The maximum Gasteiger partial charge on any atom is 0.321 e. The number of nitrogens with one attached hydrogen (secondary N) is 1. The lowest BCUT2D eigenvalue weighted by atomic mass is 10.2. The lowest BCUT2D eigenvalue weighted by Gasteiger charge is -2.33. The van der Waals surface area contributed by atoms with E-state index in [1.807, 2.05) is 4.90 Å². The highest BCUT2D eigenvalue weighted by molar-refractivity contribution is 7.89. The van der Waals surface area contributed by atoms with Crippen LogP contribution in [0.15, 0.2) is 53.7 Å². The molecule has 3 heterocycles. The van der Waals surface area contributed by atoms with Crippen molar-refractivity contribution in [2.24, 2.45) is 0 Å². The van der Waals surface area contributed by atoms with Crippen LogP contribution in [0.5, 0.6) is 0 Å².